The largest absolute Gasteiger partial charge is 0.378 e. The maximum Gasteiger partial charge on any atom is 0.352 e. The predicted octanol–water partition coefficient (Wildman–Crippen LogP) is 1.49. The third-order valence-corrected chi connectivity index (χ3v) is 5.35. The number of amides is 1. The van der Waals surface area contributed by atoms with Crippen LogP contribution in [-0.4, -0.2) is 56.3 Å². The lowest BCUT2D eigenvalue weighted by molar-refractivity contribution is -0.136. The molecule has 0 spiro atoms. The zero-order valence-corrected chi connectivity index (χ0v) is 16.4. The van der Waals surface area contributed by atoms with Gasteiger partial charge in [0.05, 0.1) is 18.7 Å². The van der Waals surface area contributed by atoms with E-state index < -0.39 is 0 Å². The fraction of sp³-hybridized carbons (Fsp3) is 0.273. The maximum atomic E-state index is 13.2. The molecule has 0 radical (unpaired) electrons. The van der Waals surface area contributed by atoms with Crippen LogP contribution >= 0.6 is 0 Å². The topological polar surface area (TPSA) is 81.7 Å². The molecule has 8 nitrogen and oxygen atoms in total. The van der Waals surface area contributed by atoms with E-state index in [2.05, 4.69) is 5.10 Å². The van der Waals surface area contributed by atoms with Crippen molar-refractivity contribution in [1.82, 2.24) is 24.1 Å². The van der Waals surface area contributed by atoms with Crippen molar-refractivity contribution in [2.75, 3.05) is 26.3 Å². The number of carbonyl (C=O) groups excluding carboxylic acids is 1. The van der Waals surface area contributed by atoms with Crippen molar-refractivity contribution in [3.05, 3.63) is 76.5 Å². The van der Waals surface area contributed by atoms with Gasteiger partial charge in [-0.05, 0) is 17.7 Å². The molecule has 0 N–H and O–H groups in total. The molecule has 4 aromatic rings. The van der Waals surface area contributed by atoms with Crippen molar-refractivity contribution >= 4 is 22.5 Å². The Morgan fingerprint density at radius 2 is 1.73 bits per heavy atom. The molecule has 0 aliphatic carbocycles. The van der Waals surface area contributed by atoms with Gasteiger partial charge in [0, 0.05) is 24.9 Å². The Balaban J connectivity index is 1.61. The molecule has 152 valence electrons. The van der Waals surface area contributed by atoms with Crippen LogP contribution in [0.5, 0.6) is 0 Å². The van der Waals surface area contributed by atoms with Crippen molar-refractivity contribution < 1.29 is 9.53 Å². The maximum absolute atomic E-state index is 13.2. The van der Waals surface area contributed by atoms with E-state index in [9.17, 15) is 9.59 Å². The average Bonchev–Trinajstić information content (AvgIpc) is 3.12. The molecular formula is C22H21N5O3. The van der Waals surface area contributed by atoms with Crippen molar-refractivity contribution in [2.24, 2.45) is 0 Å². The summed E-state index contributed by atoms with van der Waals surface area (Å²) in [6, 6.07) is 17.5. The first-order valence-corrected chi connectivity index (χ1v) is 9.97. The molecule has 1 fully saturated rings. The minimum Gasteiger partial charge on any atom is -0.378 e. The monoisotopic (exact) mass is 403 g/mol. The Labute approximate surface area is 172 Å². The third kappa shape index (κ3) is 3.35. The number of para-hydroxylation sites is 1. The highest BCUT2D eigenvalue weighted by Gasteiger charge is 2.21. The second-order valence-corrected chi connectivity index (χ2v) is 7.30. The fourth-order valence-corrected chi connectivity index (χ4v) is 3.80. The first-order valence-electron chi connectivity index (χ1n) is 9.97. The lowest BCUT2D eigenvalue weighted by atomic mass is 10.1. The van der Waals surface area contributed by atoms with E-state index >= 15 is 0 Å². The van der Waals surface area contributed by atoms with E-state index in [1.807, 2.05) is 54.6 Å². The molecule has 0 atom stereocenters. The second kappa shape index (κ2) is 7.72. The van der Waals surface area contributed by atoms with Crippen LogP contribution in [0, 0.1) is 0 Å². The minimum atomic E-state index is -0.351. The van der Waals surface area contributed by atoms with E-state index in [0.29, 0.717) is 44.2 Å². The van der Waals surface area contributed by atoms with E-state index in [1.165, 1.54) is 9.08 Å². The van der Waals surface area contributed by atoms with E-state index in [4.69, 9.17) is 9.72 Å². The Morgan fingerprint density at radius 1 is 1.00 bits per heavy atom. The van der Waals surface area contributed by atoms with Gasteiger partial charge in [-0.15, -0.1) is 5.10 Å². The average molecular weight is 403 g/mol. The molecule has 30 heavy (non-hydrogen) atoms. The summed E-state index contributed by atoms with van der Waals surface area (Å²) >= 11 is 0. The number of rotatable bonds is 4. The molecule has 2 aromatic heterocycles. The Hall–Kier alpha value is -3.52. The van der Waals surface area contributed by atoms with Crippen molar-refractivity contribution in [3.8, 4) is 0 Å². The van der Waals surface area contributed by atoms with Gasteiger partial charge in [-0.25, -0.2) is 18.9 Å². The molecule has 8 heteroatoms. The number of fused-ring (bicyclic) bond motifs is 3. The molecule has 1 amide bonds. The lowest BCUT2D eigenvalue weighted by Gasteiger charge is -2.26. The second-order valence-electron chi connectivity index (χ2n) is 7.30. The molecular weight excluding hydrogens is 382 g/mol. The molecule has 1 aliphatic heterocycles. The summed E-state index contributed by atoms with van der Waals surface area (Å²) < 4.78 is 8.08. The molecule has 1 aliphatic rings. The van der Waals surface area contributed by atoms with Gasteiger partial charge in [-0.1, -0.05) is 42.5 Å². The van der Waals surface area contributed by atoms with Crippen LogP contribution in [0.1, 0.15) is 11.4 Å². The summed E-state index contributed by atoms with van der Waals surface area (Å²) in [5, 5.41) is 5.31. The number of hydrogen-bond donors (Lipinski definition) is 0. The van der Waals surface area contributed by atoms with Crippen molar-refractivity contribution in [3.63, 3.8) is 0 Å². The first kappa shape index (κ1) is 18.5. The highest BCUT2D eigenvalue weighted by Crippen LogP contribution is 2.18. The summed E-state index contributed by atoms with van der Waals surface area (Å²) in [6.07, 6.45) is 0.491. The van der Waals surface area contributed by atoms with Gasteiger partial charge >= 0.3 is 5.69 Å². The first-order chi connectivity index (χ1) is 14.7. The number of benzene rings is 2. The molecule has 5 rings (SSSR count). The van der Waals surface area contributed by atoms with Gasteiger partial charge in [-0.2, -0.15) is 0 Å². The molecule has 3 heterocycles. The van der Waals surface area contributed by atoms with E-state index in [-0.39, 0.29) is 18.1 Å². The summed E-state index contributed by atoms with van der Waals surface area (Å²) in [5.74, 6) is 0.468. The van der Waals surface area contributed by atoms with Crippen LogP contribution in [0.2, 0.25) is 0 Å². The summed E-state index contributed by atoms with van der Waals surface area (Å²) in [5.41, 5.74) is 1.99. The number of hydrogen-bond acceptors (Lipinski definition) is 5. The van der Waals surface area contributed by atoms with E-state index in [0.717, 1.165) is 16.5 Å². The zero-order valence-electron chi connectivity index (χ0n) is 16.4. The standard InChI is InChI=1S/C22H21N5O3/c28-20(25-10-12-30-13-11-25)15-26-22(29)27-19(14-16-6-2-1-3-7-16)23-18-9-5-4-8-17(18)21(27)24-26/h1-9H,10-15H2. The van der Waals surface area contributed by atoms with Crippen LogP contribution in [0.3, 0.4) is 0 Å². The third-order valence-electron chi connectivity index (χ3n) is 5.35. The van der Waals surface area contributed by atoms with Crippen LogP contribution in [0.25, 0.3) is 16.6 Å². The van der Waals surface area contributed by atoms with Gasteiger partial charge in [0.15, 0.2) is 5.65 Å². The smallest absolute Gasteiger partial charge is 0.352 e. The van der Waals surface area contributed by atoms with Gasteiger partial charge in [0.2, 0.25) is 5.91 Å². The number of nitrogens with zero attached hydrogens (tertiary/aromatic N) is 5. The normalized spacial score (nSPS) is 14.5. The number of ether oxygens (including phenoxy) is 1. The summed E-state index contributed by atoms with van der Waals surface area (Å²) in [4.78, 5) is 32.4. The quantitative estimate of drug-likeness (QED) is 0.516. The van der Waals surface area contributed by atoms with Crippen LogP contribution in [-0.2, 0) is 22.5 Å². The number of carbonyl (C=O) groups is 1. The predicted molar refractivity (Wildman–Crippen MR) is 111 cm³/mol. The zero-order chi connectivity index (χ0) is 20.5. The van der Waals surface area contributed by atoms with E-state index in [1.54, 1.807) is 4.90 Å². The van der Waals surface area contributed by atoms with Crippen LogP contribution < -0.4 is 5.69 Å². The highest BCUT2D eigenvalue weighted by atomic mass is 16.5. The lowest BCUT2D eigenvalue weighted by Crippen LogP contribution is -2.43. The minimum absolute atomic E-state index is 0.0976. The number of aromatic nitrogens is 4. The molecule has 1 saturated heterocycles. The van der Waals surface area contributed by atoms with Crippen molar-refractivity contribution in [1.29, 1.82) is 0 Å². The molecule has 0 unspecified atom stereocenters. The van der Waals surface area contributed by atoms with Crippen LogP contribution in [0.4, 0.5) is 0 Å². The van der Waals surface area contributed by atoms with Gasteiger partial charge < -0.3 is 9.64 Å². The molecule has 0 bridgehead atoms. The summed E-state index contributed by atoms with van der Waals surface area (Å²) in [6.45, 7) is 2.00. The Bertz CT molecular complexity index is 1270. The Kier molecular flexibility index (Phi) is 4.76. The van der Waals surface area contributed by atoms with Crippen LogP contribution in [0.15, 0.2) is 59.4 Å². The summed E-state index contributed by atoms with van der Waals surface area (Å²) in [7, 11) is 0. The SMILES string of the molecule is O=C(Cn1nc2c3ccccc3nc(Cc3ccccc3)n2c1=O)N1CCOCC1. The fourth-order valence-electron chi connectivity index (χ4n) is 3.80. The highest BCUT2D eigenvalue weighted by molar-refractivity contribution is 5.91. The molecule has 0 saturated carbocycles. The molecule has 2 aromatic carbocycles. The van der Waals surface area contributed by atoms with Gasteiger partial charge in [-0.3, -0.25) is 4.79 Å². The van der Waals surface area contributed by atoms with Gasteiger partial charge in [0.25, 0.3) is 0 Å². The van der Waals surface area contributed by atoms with Gasteiger partial charge in [0.1, 0.15) is 12.4 Å². The van der Waals surface area contributed by atoms with Crippen molar-refractivity contribution in [2.45, 2.75) is 13.0 Å². The number of morpholine rings is 1. The Morgan fingerprint density at radius 3 is 2.53 bits per heavy atom.